The molecule has 1 aromatic rings. The molecule has 0 amide bonds. The van der Waals surface area contributed by atoms with Crippen LogP contribution in [0.25, 0.3) is 0 Å². The molecule has 1 aliphatic heterocycles. The summed E-state index contributed by atoms with van der Waals surface area (Å²) in [6, 6.07) is 10.9. The van der Waals surface area contributed by atoms with E-state index in [2.05, 4.69) is 27.1 Å². The lowest BCUT2D eigenvalue weighted by Gasteiger charge is -2.03. The number of aliphatic carboxylic acids is 1. The zero-order valence-electron chi connectivity index (χ0n) is 20.5. The maximum Gasteiger partial charge on any atom is 0.331 e. The number of esters is 2. The van der Waals surface area contributed by atoms with Gasteiger partial charge in [0.2, 0.25) is 0 Å². The van der Waals surface area contributed by atoms with E-state index in [1.165, 1.54) is 14.2 Å². The number of carboxylic acid groups (broad SMARTS) is 1. The van der Waals surface area contributed by atoms with Gasteiger partial charge in [0.1, 0.15) is 6.04 Å². The van der Waals surface area contributed by atoms with E-state index in [-0.39, 0.29) is 18.2 Å². The molecule has 198 valence electrons. The molecule has 2 rings (SSSR count). The minimum absolute atomic E-state index is 0. The zero-order valence-corrected chi connectivity index (χ0v) is 22.2. The van der Waals surface area contributed by atoms with Crippen LogP contribution in [-0.4, -0.2) is 72.5 Å². The number of nitrogens with two attached hydrogens (primary N) is 1. The first-order valence-corrected chi connectivity index (χ1v) is 11.7. The number of thiol groups is 1. The standard InChI is InChI=1S/C13H15NO3S.C4H9NO2S.C3H5N.C2H4O2.H3N/c1-16-13(15)11-9-18-12(14-11)8-17-7-10-5-3-2-4-6-10;1-7-4(6)3(5)2-8;1-2-3-4;1-2(3)4;/h2-6,11H,7-9H2,1H3;3,8H,2,5H2,1H3;2H2,1H3;1H3,(H,3,4);1H3. The van der Waals surface area contributed by atoms with Gasteiger partial charge in [-0.3, -0.25) is 14.6 Å². The van der Waals surface area contributed by atoms with Gasteiger partial charge in [0.05, 0.1) is 38.5 Å². The van der Waals surface area contributed by atoms with E-state index in [0.29, 0.717) is 31.1 Å². The van der Waals surface area contributed by atoms with Gasteiger partial charge in [-0.15, -0.1) is 11.8 Å². The molecule has 2 atom stereocenters. The van der Waals surface area contributed by atoms with Crippen LogP contribution in [0, 0.1) is 11.3 Å². The zero-order chi connectivity index (χ0) is 26.4. The highest BCUT2D eigenvalue weighted by atomic mass is 32.2. The molecule has 13 heteroatoms. The Morgan fingerprint density at radius 2 is 1.80 bits per heavy atom. The number of carbonyl (C=O) groups is 3. The van der Waals surface area contributed by atoms with Crippen molar-refractivity contribution in [3.05, 3.63) is 35.9 Å². The Kier molecular flexibility index (Phi) is 25.8. The molecule has 0 bridgehead atoms. The number of carbonyl (C=O) groups excluding carboxylic acids is 2. The predicted molar refractivity (Wildman–Crippen MR) is 140 cm³/mol. The van der Waals surface area contributed by atoms with Crippen LogP contribution in [0.2, 0.25) is 0 Å². The monoisotopic (exact) mass is 532 g/mol. The molecule has 1 aliphatic rings. The summed E-state index contributed by atoms with van der Waals surface area (Å²) in [5, 5.41) is 15.9. The number of hydrogen-bond donors (Lipinski definition) is 4. The number of carboxylic acids is 1. The largest absolute Gasteiger partial charge is 0.481 e. The van der Waals surface area contributed by atoms with Crippen molar-refractivity contribution in [1.82, 2.24) is 6.15 Å². The number of thioether (sulfide) groups is 1. The number of ether oxygens (including phenoxy) is 3. The van der Waals surface area contributed by atoms with Crippen LogP contribution < -0.4 is 11.9 Å². The number of methoxy groups -OCH3 is 2. The number of benzene rings is 1. The van der Waals surface area contributed by atoms with Crippen molar-refractivity contribution in [2.45, 2.75) is 39.0 Å². The molecule has 0 saturated carbocycles. The van der Waals surface area contributed by atoms with E-state index in [1.807, 2.05) is 43.3 Å². The molecule has 0 aliphatic carbocycles. The molecule has 0 fully saturated rings. The summed E-state index contributed by atoms with van der Waals surface area (Å²) in [4.78, 5) is 34.9. The minimum atomic E-state index is -0.833. The summed E-state index contributed by atoms with van der Waals surface area (Å²) >= 11 is 5.34. The van der Waals surface area contributed by atoms with E-state index >= 15 is 0 Å². The van der Waals surface area contributed by atoms with Crippen LogP contribution in [0.1, 0.15) is 25.8 Å². The van der Waals surface area contributed by atoms with Gasteiger partial charge < -0.3 is 31.2 Å². The molecule has 6 N–H and O–H groups in total. The Balaban J connectivity index is -0.000000503. The molecule has 0 spiro atoms. The number of rotatable bonds is 7. The fraction of sp³-hybridized carbons (Fsp3) is 0.500. The molecule has 0 aromatic heterocycles. The highest BCUT2D eigenvalue weighted by molar-refractivity contribution is 8.14. The van der Waals surface area contributed by atoms with Crippen molar-refractivity contribution in [3.8, 4) is 6.07 Å². The van der Waals surface area contributed by atoms with E-state index < -0.39 is 18.0 Å². The Bertz CT molecular complexity index is 786. The van der Waals surface area contributed by atoms with E-state index in [9.17, 15) is 9.59 Å². The third kappa shape index (κ3) is 21.6. The first kappa shape index (κ1) is 36.9. The molecule has 35 heavy (non-hydrogen) atoms. The van der Waals surface area contributed by atoms with Crippen molar-refractivity contribution in [2.24, 2.45) is 10.7 Å². The summed E-state index contributed by atoms with van der Waals surface area (Å²) < 4.78 is 14.5. The highest BCUT2D eigenvalue weighted by Gasteiger charge is 2.25. The Morgan fingerprint density at radius 3 is 2.20 bits per heavy atom. The van der Waals surface area contributed by atoms with Crippen LogP contribution in [0.3, 0.4) is 0 Å². The average Bonchev–Trinajstić information content (AvgIpc) is 3.32. The average molecular weight is 533 g/mol. The van der Waals surface area contributed by atoms with Crippen LogP contribution in [0.4, 0.5) is 0 Å². The van der Waals surface area contributed by atoms with E-state index in [4.69, 9.17) is 25.6 Å². The second kappa shape index (κ2) is 24.5. The first-order valence-electron chi connectivity index (χ1n) is 10.1. The van der Waals surface area contributed by atoms with Crippen molar-refractivity contribution in [1.29, 1.82) is 5.26 Å². The maximum atomic E-state index is 11.3. The van der Waals surface area contributed by atoms with Crippen LogP contribution in [-0.2, 0) is 35.2 Å². The van der Waals surface area contributed by atoms with Gasteiger partial charge >= 0.3 is 11.9 Å². The molecule has 1 aromatic carbocycles. The molecular formula is C22H36N4O7S2. The smallest absolute Gasteiger partial charge is 0.331 e. The molecule has 11 nitrogen and oxygen atoms in total. The topological polar surface area (TPSA) is 196 Å². The van der Waals surface area contributed by atoms with Gasteiger partial charge in [-0.1, -0.05) is 37.3 Å². The lowest BCUT2D eigenvalue weighted by Crippen LogP contribution is -2.32. The van der Waals surface area contributed by atoms with Gasteiger partial charge in [0, 0.05) is 24.9 Å². The van der Waals surface area contributed by atoms with Crippen LogP contribution in [0.5, 0.6) is 0 Å². The second-order valence-electron chi connectivity index (χ2n) is 6.19. The van der Waals surface area contributed by atoms with Crippen molar-refractivity contribution < 1.29 is 33.7 Å². The van der Waals surface area contributed by atoms with Gasteiger partial charge in [-0.2, -0.15) is 17.9 Å². The van der Waals surface area contributed by atoms with Crippen molar-refractivity contribution >= 4 is 47.3 Å². The molecule has 2 unspecified atom stereocenters. The predicted octanol–water partition coefficient (Wildman–Crippen LogP) is 2.48. The fourth-order valence-corrected chi connectivity index (χ4v) is 2.89. The Morgan fingerprint density at radius 1 is 1.26 bits per heavy atom. The van der Waals surface area contributed by atoms with Gasteiger partial charge in [-0.05, 0) is 5.56 Å². The third-order valence-corrected chi connectivity index (χ3v) is 4.81. The summed E-state index contributed by atoms with van der Waals surface area (Å²) in [6.45, 7) is 3.91. The van der Waals surface area contributed by atoms with Gasteiger partial charge in [0.15, 0.2) is 6.04 Å². The lowest BCUT2D eigenvalue weighted by molar-refractivity contribution is -0.142. The number of hydrogen-bond acceptors (Lipinski definition) is 12. The molecule has 0 saturated heterocycles. The fourth-order valence-electron chi connectivity index (χ4n) is 1.82. The number of aliphatic imine (C=N–C) groups is 1. The van der Waals surface area contributed by atoms with Crippen molar-refractivity contribution in [2.75, 3.05) is 32.3 Å². The van der Waals surface area contributed by atoms with Gasteiger partial charge in [-0.25, -0.2) is 4.79 Å². The van der Waals surface area contributed by atoms with Gasteiger partial charge in [0.25, 0.3) is 5.97 Å². The summed E-state index contributed by atoms with van der Waals surface area (Å²) in [6.07, 6.45) is 0.625. The molecule has 0 radical (unpaired) electrons. The van der Waals surface area contributed by atoms with E-state index in [1.54, 1.807) is 11.8 Å². The first-order chi connectivity index (χ1) is 16.2. The quantitative estimate of drug-likeness (QED) is 0.297. The molecule has 1 heterocycles. The maximum absolute atomic E-state index is 11.3. The summed E-state index contributed by atoms with van der Waals surface area (Å²) in [5.74, 6) is -0.552. The summed E-state index contributed by atoms with van der Waals surface area (Å²) in [5.41, 5.74) is 6.31. The SMILES string of the molecule is CC(=O)O.CCC#N.COC(=O)C(N)CS.COC(=O)C1CSC(COCc2ccccc2)=N1.N. The number of nitriles is 1. The summed E-state index contributed by atoms with van der Waals surface area (Å²) in [7, 11) is 2.68. The van der Waals surface area contributed by atoms with Crippen molar-refractivity contribution in [3.63, 3.8) is 0 Å². The van der Waals surface area contributed by atoms with E-state index in [0.717, 1.165) is 17.5 Å². The second-order valence-corrected chi connectivity index (χ2v) is 7.65. The number of nitrogens with zero attached hydrogens (tertiary/aromatic N) is 2. The highest BCUT2D eigenvalue weighted by Crippen LogP contribution is 2.19. The third-order valence-electron chi connectivity index (χ3n) is 3.38. The lowest BCUT2D eigenvalue weighted by atomic mass is 10.2. The van der Waals surface area contributed by atoms with Crippen LogP contribution >= 0.6 is 24.4 Å². The molecular weight excluding hydrogens is 496 g/mol. The Hall–Kier alpha value is -2.63. The Labute approximate surface area is 216 Å². The normalized spacial score (nSPS) is 13.7. The van der Waals surface area contributed by atoms with Crippen LogP contribution in [0.15, 0.2) is 35.3 Å². The minimum Gasteiger partial charge on any atom is -0.481 e.